The van der Waals surface area contributed by atoms with Crippen molar-refractivity contribution in [1.82, 2.24) is 5.32 Å². The van der Waals surface area contributed by atoms with Gasteiger partial charge < -0.3 is 9.73 Å². The first kappa shape index (κ1) is 11.4. The standard InChI is InChI=1S/C13H14BrNO/c1-10(11-4-2-5-12(14)8-11)15-9-13-6-3-7-16-13/h2-8,10,15H,9H2,1H3. The van der Waals surface area contributed by atoms with Gasteiger partial charge in [0.05, 0.1) is 12.8 Å². The van der Waals surface area contributed by atoms with Crippen LogP contribution in [0.15, 0.2) is 51.6 Å². The molecule has 1 aromatic heterocycles. The molecular weight excluding hydrogens is 266 g/mol. The van der Waals surface area contributed by atoms with Crippen LogP contribution in [0.5, 0.6) is 0 Å². The monoisotopic (exact) mass is 279 g/mol. The Labute approximate surface area is 104 Å². The topological polar surface area (TPSA) is 25.2 Å². The normalized spacial score (nSPS) is 12.6. The number of furan rings is 1. The zero-order valence-electron chi connectivity index (χ0n) is 9.11. The molecule has 84 valence electrons. The number of rotatable bonds is 4. The van der Waals surface area contributed by atoms with Crippen LogP contribution in [0.2, 0.25) is 0 Å². The molecular formula is C13H14BrNO. The maximum atomic E-state index is 5.27. The van der Waals surface area contributed by atoms with Gasteiger partial charge in [-0.1, -0.05) is 28.1 Å². The number of nitrogens with one attached hydrogen (secondary N) is 1. The highest BCUT2D eigenvalue weighted by atomic mass is 79.9. The Bertz CT molecular complexity index is 439. The Balaban J connectivity index is 1.95. The van der Waals surface area contributed by atoms with Gasteiger partial charge in [-0.15, -0.1) is 0 Å². The minimum absolute atomic E-state index is 0.308. The Hall–Kier alpha value is -1.06. The number of halogens is 1. The maximum Gasteiger partial charge on any atom is 0.117 e. The molecule has 0 fully saturated rings. The van der Waals surface area contributed by atoms with E-state index in [2.05, 4.69) is 40.3 Å². The lowest BCUT2D eigenvalue weighted by molar-refractivity contribution is 0.460. The van der Waals surface area contributed by atoms with Gasteiger partial charge in [0.2, 0.25) is 0 Å². The van der Waals surface area contributed by atoms with Crippen LogP contribution in [0.1, 0.15) is 24.3 Å². The summed E-state index contributed by atoms with van der Waals surface area (Å²) in [5.74, 6) is 0.960. The van der Waals surface area contributed by atoms with Gasteiger partial charge in [-0.3, -0.25) is 0 Å². The van der Waals surface area contributed by atoms with Crippen molar-refractivity contribution in [3.8, 4) is 0 Å². The van der Waals surface area contributed by atoms with Crippen molar-refractivity contribution < 1.29 is 4.42 Å². The molecule has 1 aromatic carbocycles. The molecule has 2 aromatic rings. The van der Waals surface area contributed by atoms with E-state index in [4.69, 9.17) is 4.42 Å². The fourth-order valence-electron chi connectivity index (χ4n) is 1.56. The number of benzene rings is 1. The third-order valence-electron chi connectivity index (χ3n) is 2.51. The Kier molecular flexibility index (Phi) is 3.80. The molecule has 0 radical (unpaired) electrons. The summed E-state index contributed by atoms with van der Waals surface area (Å²) in [6.07, 6.45) is 1.70. The Morgan fingerprint density at radius 3 is 2.88 bits per heavy atom. The van der Waals surface area contributed by atoms with E-state index in [1.54, 1.807) is 6.26 Å². The van der Waals surface area contributed by atoms with Gasteiger partial charge >= 0.3 is 0 Å². The SMILES string of the molecule is CC(NCc1ccco1)c1cccc(Br)c1. The lowest BCUT2D eigenvalue weighted by Gasteiger charge is -2.13. The van der Waals surface area contributed by atoms with E-state index in [1.807, 2.05) is 24.3 Å². The summed E-state index contributed by atoms with van der Waals surface area (Å²) in [5.41, 5.74) is 1.26. The number of hydrogen-bond donors (Lipinski definition) is 1. The van der Waals surface area contributed by atoms with Gasteiger partial charge in [0.25, 0.3) is 0 Å². The smallest absolute Gasteiger partial charge is 0.117 e. The first-order chi connectivity index (χ1) is 7.75. The van der Waals surface area contributed by atoms with E-state index in [0.29, 0.717) is 6.04 Å². The Morgan fingerprint density at radius 1 is 1.31 bits per heavy atom. The molecule has 1 atom stereocenters. The average Bonchev–Trinajstić information content (AvgIpc) is 2.78. The summed E-state index contributed by atoms with van der Waals surface area (Å²) in [4.78, 5) is 0. The molecule has 2 rings (SSSR count). The number of hydrogen-bond acceptors (Lipinski definition) is 2. The second-order valence-electron chi connectivity index (χ2n) is 3.74. The van der Waals surface area contributed by atoms with Crippen molar-refractivity contribution in [2.45, 2.75) is 19.5 Å². The van der Waals surface area contributed by atoms with Gasteiger partial charge in [0.15, 0.2) is 0 Å². The van der Waals surface area contributed by atoms with Crippen molar-refractivity contribution in [2.24, 2.45) is 0 Å². The van der Waals surface area contributed by atoms with Gasteiger partial charge in [-0.25, -0.2) is 0 Å². The molecule has 1 heterocycles. The van der Waals surface area contributed by atoms with Crippen molar-refractivity contribution in [2.75, 3.05) is 0 Å². The van der Waals surface area contributed by atoms with Crippen LogP contribution in [0, 0.1) is 0 Å². The van der Waals surface area contributed by atoms with Crippen molar-refractivity contribution in [1.29, 1.82) is 0 Å². The fraction of sp³-hybridized carbons (Fsp3) is 0.231. The molecule has 0 saturated carbocycles. The van der Waals surface area contributed by atoms with Gasteiger partial charge in [-0.05, 0) is 36.8 Å². The van der Waals surface area contributed by atoms with Crippen LogP contribution < -0.4 is 5.32 Å². The third kappa shape index (κ3) is 2.97. The average molecular weight is 280 g/mol. The summed E-state index contributed by atoms with van der Waals surface area (Å²) in [6.45, 7) is 2.89. The molecule has 3 heteroatoms. The summed E-state index contributed by atoms with van der Waals surface area (Å²) >= 11 is 3.47. The van der Waals surface area contributed by atoms with E-state index in [0.717, 1.165) is 16.8 Å². The highest BCUT2D eigenvalue weighted by Gasteiger charge is 2.05. The van der Waals surface area contributed by atoms with Crippen LogP contribution >= 0.6 is 15.9 Å². The molecule has 0 amide bonds. The van der Waals surface area contributed by atoms with Crippen LogP contribution in [0.3, 0.4) is 0 Å². The third-order valence-corrected chi connectivity index (χ3v) is 3.00. The van der Waals surface area contributed by atoms with Crippen LogP contribution in [-0.4, -0.2) is 0 Å². The summed E-state index contributed by atoms with van der Waals surface area (Å²) < 4.78 is 6.38. The molecule has 0 aliphatic heterocycles. The van der Waals surface area contributed by atoms with E-state index >= 15 is 0 Å². The van der Waals surface area contributed by atoms with Crippen LogP contribution in [0.25, 0.3) is 0 Å². The molecule has 1 unspecified atom stereocenters. The summed E-state index contributed by atoms with van der Waals surface area (Å²) in [7, 11) is 0. The molecule has 0 saturated heterocycles. The van der Waals surface area contributed by atoms with E-state index in [9.17, 15) is 0 Å². The maximum absolute atomic E-state index is 5.27. The van der Waals surface area contributed by atoms with Crippen molar-refractivity contribution in [3.05, 3.63) is 58.5 Å². The van der Waals surface area contributed by atoms with Crippen LogP contribution in [0.4, 0.5) is 0 Å². The van der Waals surface area contributed by atoms with Gasteiger partial charge in [0.1, 0.15) is 5.76 Å². The molecule has 0 aliphatic carbocycles. The van der Waals surface area contributed by atoms with E-state index in [-0.39, 0.29) is 0 Å². The second kappa shape index (κ2) is 5.32. The van der Waals surface area contributed by atoms with Crippen molar-refractivity contribution >= 4 is 15.9 Å². The zero-order chi connectivity index (χ0) is 11.4. The molecule has 0 aliphatic rings. The molecule has 1 N–H and O–H groups in total. The fourth-order valence-corrected chi connectivity index (χ4v) is 1.98. The zero-order valence-corrected chi connectivity index (χ0v) is 10.7. The highest BCUT2D eigenvalue weighted by Crippen LogP contribution is 2.18. The van der Waals surface area contributed by atoms with Crippen molar-refractivity contribution in [3.63, 3.8) is 0 Å². The first-order valence-electron chi connectivity index (χ1n) is 5.27. The quantitative estimate of drug-likeness (QED) is 0.919. The molecule has 2 nitrogen and oxygen atoms in total. The predicted octanol–water partition coefficient (Wildman–Crippen LogP) is 3.89. The predicted molar refractivity (Wildman–Crippen MR) is 68.1 cm³/mol. The minimum atomic E-state index is 0.308. The van der Waals surface area contributed by atoms with Gasteiger partial charge in [0, 0.05) is 10.5 Å². The Morgan fingerprint density at radius 2 is 2.19 bits per heavy atom. The van der Waals surface area contributed by atoms with Crippen LogP contribution in [-0.2, 0) is 6.54 Å². The lowest BCUT2D eigenvalue weighted by atomic mass is 10.1. The molecule has 0 bridgehead atoms. The second-order valence-corrected chi connectivity index (χ2v) is 4.65. The summed E-state index contributed by atoms with van der Waals surface area (Å²) in [5, 5.41) is 3.41. The highest BCUT2D eigenvalue weighted by molar-refractivity contribution is 9.10. The minimum Gasteiger partial charge on any atom is -0.468 e. The van der Waals surface area contributed by atoms with E-state index in [1.165, 1.54) is 5.56 Å². The first-order valence-corrected chi connectivity index (χ1v) is 6.06. The molecule has 16 heavy (non-hydrogen) atoms. The van der Waals surface area contributed by atoms with Gasteiger partial charge in [-0.2, -0.15) is 0 Å². The lowest BCUT2D eigenvalue weighted by Crippen LogP contribution is -2.17. The molecule has 0 spiro atoms. The largest absolute Gasteiger partial charge is 0.468 e. The summed E-state index contributed by atoms with van der Waals surface area (Å²) in [6, 6.07) is 12.5. The van der Waals surface area contributed by atoms with E-state index < -0.39 is 0 Å².